The van der Waals surface area contributed by atoms with Crippen molar-refractivity contribution < 1.29 is 9.59 Å². The number of anilines is 1. The number of aromatic nitrogens is 1. The quantitative estimate of drug-likeness (QED) is 0.737. The topological polar surface area (TPSA) is 97.4 Å². The number of amides is 2. The number of hydrogen-bond donors (Lipinski definition) is 2. The van der Waals surface area contributed by atoms with Crippen molar-refractivity contribution in [3.63, 3.8) is 0 Å². The van der Waals surface area contributed by atoms with Crippen molar-refractivity contribution in [1.29, 1.82) is 0 Å². The van der Waals surface area contributed by atoms with Gasteiger partial charge in [-0.25, -0.2) is 0 Å². The number of carbonyl (C=O) groups is 2. The Labute approximate surface area is 116 Å². The maximum Gasteiger partial charge on any atom is 0.251 e. The lowest BCUT2D eigenvalue weighted by Gasteiger charge is -2.41. The van der Waals surface area contributed by atoms with Crippen LogP contribution >= 0.6 is 0 Å². The Balaban J connectivity index is 2.21. The molecule has 2 rings (SSSR count). The predicted octanol–water partition coefficient (Wildman–Crippen LogP) is -0.832. The van der Waals surface area contributed by atoms with E-state index in [4.69, 9.17) is 5.73 Å². The van der Waals surface area contributed by atoms with Gasteiger partial charge in [0.2, 0.25) is 11.8 Å². The van der Waals surface area contributed by atoms with E-state index in [1.54, 1.807) is 13.8 Å². The number of pyridine rings is 1. The molecule has 7 heteroatoms. The summed E-state index contributed by atoms with van der Waals surface area (Å²) in [7, 11) is 0. The molecule has 0 saturated carbocycles. The molecule has 1 aliphatic rings. The number of nitrogens with one attached hydrogen (secondary N) is 1. The van der Waals surface area contributed by atoms with E-state index in [1.807, 2.05) is 0 Å². The molecule has 0 bridgehead atoms. The van der Waals surface area contributed by atoms with E-state index in [1.165, 1.54) is 27.8 Å². The molecule has 20 heavy (non-hydrogen) atoms. The molecule has 2 amide bonds. The van der Waals surface area contributed by atoms with Crippen molar-refractivity contribution in [1.82, 2.24) is 14.8 Å². The Morgan fingerprint density at radius 3 is 2.80 bits per heavy atom. The fraction of sp³-hybridized carbons (Fsp3) is 0.462. The van der Waals surface area contributed by atoms with Gasteiger partial charge in [0, 0.05) is 31.0 Å². The molecule has 1 aromatic rings. The van der Waals surface area contributed by atoms with Crippen LogP contribution in [-0.4, -0.2) is 39.9 Å². The Morgan fingerprint density at radius 2 is 2.10 bits per heavy atom. The van der Waals surface area contributed by atoms with Crippen LogP contribution in [0.1, 0.15) is 13.8 Å². The minimum atomic E-state index is -0.917. The second-order valence-corrected chi connectivity index (χ2v) is 5.29. The summed E-state index contributed by atoms with van der Waals surface area (Å²) >= 11 is 0. The molecule has 0 aliphatic carbocycles. The number of rotatable bonds is 2. The van der Waals surface area contributed by atoms with Crippen LogP contribution in [0.3, 0.4) is 0 Å². The minimum absolute atomic E-state index is 0.124. The van der Waals surface area contributed by atoms with Gasteiger partial charge < -0.3 is 20.5 Å². The highest BCUT2D eigenvalue weighted by molar-refractivity contribution is 5.91. The molecule has 1 saturated heterocycles. The van der Waals surface area contributed by atoms with Crippen LogP contribution in [0.15, 0.2) is 23.1 Å². The van der Waals surface area contributed by atoms with Crippen molar-refractivity contribution in [3.8, 4) is 0 Å². The normalized spacial score (nSPS) is 17.7. The molecule has 108 valence electrons. The van der Waals surface area contributed by atoms with E-state index in [0.717, 1.165) is 0 Å². The van der Waals surface area contributed by atoms with E-state index >= 15 is 0 Å². The standard InChI is InChI=1S/C13H18N4O3/c1-13(2)12(20)15-5-6-17(13)11(19)8-16-7-9(14)3-4-10(16)18/h3-4,7H,5-6,8,14H2,1-2H3,(H,15,20). The van der Waals surface area contributed by atoms with Crippen molar-refractivity contribution in [2.24, 2.45) is 0 Å². The van der Waals surface area contributed by atoms with E-state index in [9.17, 15) is 14.4 Å². The molecule has 1 fully saturated rings. The third-order valence-electron chi connectivity index (χ3n) is 3.46. The first-order valence-electron chi connectivity index (χ1n) is 6.37. The molecule has 2 heterocycles. The van der Waals surface area contributed by atoms with Crippen LogP contribution in [0.5, 0.6) is 0 Å². The zero-order valence-electron chi connectivity index (χ0n) is 11.5. The van der Waals surface area contributed by atoms with Gasteiger partial charge in [-0.3, -0.25) is 14.4 Å². The lowest BCUT2D eigenvalue weighted by atomic mass is 9.99. The zero-order chi connectivity index (χ0) is 14.9. The zero-order valence-corrected chi connectivity index (χ0v) is 11.5. The largest absolute Gasteiger partial charge is 0.398 e. The van der Waals surface area contributed by atoms with Gasteiger partial charge in [0.15, 0.2) is 0 Å². The van der Waals surface area contributed by atoms with E-state index in [2.05, 4.69) is 5.32 Å². The van der Waals surface area contributed by atoms with Gasteiger partial charge in [-0.1, -0.05) is 0 Å². The monoisotopic (exact) mass is 278 g/mol. The third kappa shape index (κ3) is 2.52. The average Bonchev–Trinajstić information content (AvgIpc) is 2.37. The molecule has 0 atom stereocenters. The highest BCUT2D eigenvalue weighted by Gasteiger charge is 2.40. The average molecular weight is 278 g/mol. The second-order valence-electron chi connectivity index (χ2n) is 5.29. The summed E-state index contributed by atoms with van der Waals surface area (Å²) in [6.45, 7) is 4.08. The molecule has 7 nitrogen and oxygen atoms in total. The van der Waals surface area contributed by atoms with E-state index in [0.29, 0.717) is 18.8 Å². The smallest absolute Gasteiger partial charge is 0.251 e. The summed E-state index contributed by atoms with van der Waals surface area (Å²) in [6, 6.07) is 2.80. The van der Waals surface area contributed by atoms with Gasteiger partial charge in [0.1, 0.15) is 12.1 Å². The Bertz CT molecular complexity index is 606. The third-order valence-corrected chi connectivity index (χ3v) is 3.46. The summed E-state index contributed by atoms with van der Waals surface area (Å²) in [5.74, 6) is -0.477. The van der Waals surface area contributed by atoms with Crippen LogP contribution in [0.2, 0.25) is 0 Å². The van der Waals surface area contributed by atoms with Gasteiger partial charge in [-0.05, 0) is 19.9 Å². The molecule has 0 unspecified atom stereocenters. The minimum Gasteiger partial charge on any atom is -0.398 e. The lowest BCUT2D eigenvalue weighted by molar-refractivity contribution is -0.149. The Morgan fingerprint density at radius 1 is 1.40 bits per heavy atom. The molecule has 0 spiro atoms. The van der Waals surface area contributed by atoms with Crippen LogP contribution in [-0.2, 0) is 16.1 Å². The summed E-state index contributed by atoms with van der Waals surface area (Å²) in [6.07, 6.45) is 1.43. The van der Waals surface area contributed by atoms with Crippen molar-refractivity contribution in [2.45, 2.75) is 25.9 Å². The number of hydrogen-bond acceptors (Lipinski definition) is 4. The second kappa shape index (κ2) is 4.99. The SMILES string of the molecule is CC1(C)C(=O)NCCN1C(=O)Cn1cc(N)ccc1=O. The maximum absolute atomic E-state index is 12.3. The van der Waals surface area contributed by atoms with E-state index < -0.39 is 5.54 Å². The van der Waals surface area contributed by atoms with Crippen LogP contribution in [0.25, 0.3) is 0 Å². The first-order valence-corrected chi connectivity index (χ1v) is 6.37. The molecular weight excluding hydrogens is 260 g/mol. The highest BCUT2D eigenvalue weighted by atomic mass is 16.2. The first kappa shape index (κ1) is 14.1. The van der Waals surface area contributed by atoms with Gasteiger partial charge in [0.25, 0.3) is 5.56 Å². The molecule has 0 radical (unpaired) electrons. The Kier molecular flexibility index (Phi) is 3.52. The number of carbonyl (C=O) groups excluding carboxylic acids is 2. The van der Waals surface area contributed by atoms with E-state index in [-0.39, 0.29) is 23.9 Å². The van der Waals surface area contributed by atoms with Gasteiger partial charge in [-0.2, -0.15) is 0 Å². The fourth-order valence-corrected chi connectivity index (χ4v) is 2.24. The van der Waals surface area contributed by atoms with Crippen LogP contribution < -0.4 is 16.6 Å². The summed E-state index contributed by atoms with van der Waals surface area (Å²) in [4.78, 5) is 37.3. The highest BCUT2D eigenvalue weighted by Crippen LogP contribution is 2.18. The molecule has 1 aliphatic heterocycles. The summed E-state index contributed by atoms with van der Waals surface area (Å²) < 4.78 is 1.25. The molecular formula is C13H18N4O3. The maximum atomic E-state index is 12.3. The summed E-state index contributed by atoms with van der Waals surface area (Å²) in [5, 5.41) is 2.72. The fourth-order valence-electron chi connectivity index (χ4n) is 2.24. The number of nitrogen functional groups attached to an aromatic ring is 1. The number of piperazine rings is 1. The molecule has 0 aromatic carbocycles. The van der Waals surface area contributed by atoms with Crippen LogP contribution in [0, 0.1) is 0 Å². The van der Waals surface area contributed by atoms with Crippen molar-refractivity contribution in [3.05, 3.63) is 28.7 Å². The number of nitrogens with two attached hydrogens (primary N) is 1. The lowest BCUT2D eigenvalue weighted by Crippen LogP contribution is -2.64. The Hall–Kier alpha value is -2.31. The van der Waals surface area contributed by atoms with Crippen LogP contribution in [0.4, 0.5) is 5.69 Å². The van der Waals surface area contributed by atoms with Crippen molar-refractivity contribution in [2.75, 3.05) is 18.8 Å². The van der Waals surface area contributed by atoms with Gasteiger partial charge in [0.05, 0.1) is 0 Å². The summed E-state index contributed by atoms with van der Waals surface area (Å²) in [5.41, 5.74) is 4.80. The van der Waals surface area contributed by atoms with Gasteiger partial charge >= 0.3 is 0 Å². The molecule has 3 N–H and O–H groups in total. The predicted molar refractivity (Wildman–Crippen MR) is 73.9 cm³/mol. The molecule has 1 aromatic heterocycles. The van der Waals surface area contributed by atoms with Crippen molar-refractivity contribution >= 4 is 17.5 Å². The van der Waals surface area contributed by atoms with Gasteiger partial charge in [-0.15, -0.1) is 0 Å². The first-order chi connectivity index (χ1) is 9.32. The number of nitrogens with zero attached hydrogens (tertiary/aromatic N) is 2.